The zero-order valence-electron chi connectivity index (χ0n) is 10.6. The molecular formula is C14H18ClN3. The molecule has 18 heavy (non-hydrogen) atoms. The first-order valence-electron chi connectivity index (χ1n) is 6.23. The van der Waals surface area contributed by atoms with E-state index < -0.39 is 0 Å². The molecule has 1 N–H and O–H groups in total. The molecule has 4 heteroatoms. The maximum atomic E-state index is 5.85. The minimum Gasteiger partial charge on any atom is -0.334 e. The Morgan fingerprint density at radius 2 is 2.06 bits per heavy atom. The molecule has 2 aromatic rings. The average molecular weight is 264 g/mol. The largest absolute Gasteiger partial charge is 0.334 e. The standard InChI is InChI=1S/C14H18ClN3/c1-2-18-11-17-10-14(18)9-16-8-7-12-3-5-13(15)6-4-12/h3-6,10-11,16H,2,7-9H2,1H3. The lowest BCUT2D eigenvalue weighted by Crippen LogP contribution is -2.18. The maximum absolute atomic E-state index is 5.85. The van der Waals surface area contributed by atoms with E-state index in [4.69, 9.17) is 11.6 Å². The topological polar surface area (TPSA) is 29.9 Å². The quantitative estimate of drug-likeness (QED) is 0.813. The lowest BCUT2D eigenvalue weighted by atomic mass is 10.1. The van der Waals surface area contributed by atoms with Gasteiger partial charge in [0.2, 0.25) is 0 Å². The van der Waals surface area contributed by atoms with Crippen molar-refractivity contribution in [3.05, 3.63) is 53.1 Å². The van der Waals surface area contributed by atoms with Crippen molar-refractivity contribution in [1.82, 2.24) is 14.9 Å². The van der Waals surface area contributed by atoms with E-state index in [0.717, 1.165) is 31.1 Å². The minimum absolute atomic E-state index is 0.790. The molecule has 3 nitrogen and oxygen atoms in total. The fourth-order valence-electron chi connectivity index (χ4n) is 1.88. The summed E-state index contributed by atoms with van der Waals surface area (Å²) in [5.41, 5.74) is 2.53. The molecule has 0 aliphatic rings. The third-order valence-electron chi connectivity index (χ3n) is 2.95. The Balaban J connectivity index is 1.74. The van der Waals surface area contributed by atoms with Crippen LogP contribution in [0.25, 0.3) is 0 Å². The van der Waals surface area contributed by atoms with Crippen molar-refractivity contribution in [3.63, 3.8) is 0 Å². The number of hydrogen-bond donors (Lipinski definition) is 1. The molecule has 0 atom stereocenters. The molecular weight excluding hydrogens is 246 g/mol. The van der Waals surface area contributed by atoms with E-state index >= 15 is 0 Å². The summed E-state index contributed by atoms with van der Waals surface area (Å²) in [6, 6.07) is 8.01. The maximum Gasteiger partial charge on any atom is 0.0948 e. The number of rotatable bonds is 6. The summed E-state index contributed by atoms with van der Waals surface area (Å²) >= 11 is 5.85. The molecule has 96 valence electrons. The minimum atomic E-state index is 0.790. The first-order valence-corrected chi connectivity index (χ1v) is 6.61. The zero-order chi connectivity index (χ0) is 12.8. The second kappa shape index (κ2) is 6.57. The van der Waals surface area contributed by atoms with Crippen LogP contribution < -0.4 is 5.32 Å². The van der Waals surface area contributed by atoms with Gasteiger partial charge < -0.3 is 9.88 Å². The second-order valence-electron chi connectivity index (χ2n) is 4.22. The summed E-state index contributed by atoms with van der Waals surface area (Å²) < 4.78 is 2.15. The molecule has 1 aromatic heterocycles. The van der Waals surface area contributed by atoms with Gasteiger partial charge in [0.05, 0.1) is 12.0 Å². The number of imidazole rings is 1. The van der Waals surface area contributed by atoms with Crippen molar-refractivity contribution < 1.29 is 0 Å². The molecule has 1 aromatic carbocycles. The molecule has 0 spiro atoms. The van der Waals surface area contributed by atoms with E-state index in [1.54, 1.807) is 0 Å². The lowest BCUT2D eigenvalue weighted by molar-refractivity contribution is 0.628. The van der Waals surface area contributed by atoms with Crippen molar-refractivity contribution in [2.24, 2.45) is 0 Å². The second-order valence-corrected chi connectivity index (χ2v) is 4.66. The highest BCUT2D eigenvalue weighted by Crippen LogP contribution is 2.09. The van der Waals surface area contributed by atoms with Crippen LogP contribution in [-0.4, -0.2) is 16.1 Å². The van der Waals surface area contributed by atoms with Crippen LogP contribution in [0.15, 0.2) is 36.8 Å². The highest BCUT2D eigenvalue weighted by Gasteiger charge is 1.99. The van der Waals surface area contributed by atoms with Crippen molar-refractivity contribution in [2.45, 2.75) is 26.4 Å². The van der Waals surface area contributed by atoms with E-state index in [0.29, 0.717) is 0 Å². The molecule has 0 aliphatic heterocycles. The summed E-state index contributed by atoms with van der Waals surface area (Å²) in [5.74, 6) is 0. The van der Waals surface area contributed by atoms with Crippen molar-refractivity contribution in [2.75, 3.05) is 6.54 Å². The number of halogens is 1. The Bertz CT molecular complexity index is 476. The van der Waals surface area contributed by atoms with E-state index in [9.17, 15) is 0 Å². The molecule has 0 amide bonds. The third-order valence-corrected chi connectivity index (χ3v) is 3.20. The Hall–Kier alpha value is -1.32. The number of hydrogen-bond acceptors (Lipinski definition) is 2. The zero-order valence-corrected chi connectivity index (χ0v) is 11.3. The van der Waals surface area contributed by atoms with Gasteiger partial charge >= 0.3 is 0 Å². The van der Waals surface area contributed by atoms with Gasteiger partial charge in [-0.15, -0.1) is 0 Å². The summed E-state index contributed by atoms with van der Waals surface area (Å²) in [6.45, 7) is 4.91. The van der Waals surface area contributed by atoms with E-state index in [1.165, 1.54) is 11.3 Å². The Morgan fingerprint density at radius 3 is 2.78 bits per heavy atom. The molecule has 0 saturated carbocycles. The van der Waals surface area contributed by atoms with Crippen molar-refractivity contribution in [1.29, 1.82) is 0 Å². The van der Waals surface area contributed by atoms with Gasteiger partial charge in [-0.2, -0.15) is 0 Å². The van der Waals surface area contributed by atoms with Crippen LogP contribution >= 0.6 is 11.6 Å². The number of nitrogens with one attached hydrogen (secondary N) is 1. The average Bonchev–Trinajstić information content (AvgIpc) is 2.84. The van der Waals surface area contributed by atoms with Crippen LogP contribution in [0, 0.1) is 0 Å². The van der Waals surface area contributed by atoms with Crippen LogP contribution in [-0.2, 0) is 19.5 Å². The molecule has 0 radical (unpaired) electrons. The SMILES string of the molecule is CCn1cncc1CNCCc1ccc(Cl)cc1. The molecule has 0 unspecified atom stereocenters. The van der Waals surface area contributed by atoms with E-state index in [2.05, 4.69) is 33.9 Å². The highest BCUT2D eigenvalue weighted by molar-refractivity contribution is 6.30. The van der Waals surface area contributed by atoms with Crippen LogP contribution in [0.3, 0.4) is 0 Å². The highest BCUT2D eigenvalue weighted by atomic mass is 35.5. The van der Waals surface area contributed by atoms with E-state index in [1.807, 2.05) is 24.7 Å². The Kier molecular flexibility index (Phi) is 4.79. The van der Waals surface area contributed by atoms with Crippen LogP contribution in [0.4, 0.5) is 0 Å². The van der Waals surface area contributed by atoms with Crippen LogP contribution in [0.1, 0.15) is 18.2 Å². The lowest BCUT2D eigenvalue weighted by Gasteiger charge is -2.07. The molecule has 1 heterocycles. The molecule has 0 bridgehead atoms. The Labute approximate surface area is 113 Å². The van der Waals surface area contributed by atoms with Gasteiger partial charge in [0, 0.05) is 24.3 Å². The van der Waals surface area contributed by atoms with Crippen LogP contribution in [0.5, 0.6) is 0 Å². The van der Waals surface area contributed by atoms with Gasteiger partial charge in [-0.3, -0.25) is 0 Å². The summed E-state index contributed by atoms with van der Waals surface area (Å²) in [7, 11) is 0. The summed E-state index contributed by atoms with van der Waals surface area (Å²) in [4.78, 5) is 4.15. The smallest absolute Gasteiger partial charge is 0.0948 e. The number of nitrogens with zero attached hydrogens (tertiary/aromatic N) is 2. The van der Waals surface area contributed by atoms with Gasteiger partial charge in [-0.25, -0.2) is 4.98 Å². The normalized spacial score (nSPS) is 10.8. The van der Waals surface area contributed by atoms with Gasteiger partial charge in [0.15, 0.2) is 0 Å². The number of aryl methyl sites for hydroxylation is 1. The van der Waals surface area contributed by atoms with Crippen LogP contribution in [0.2, 0.25) is 5.02 Å². The van der Waals surface area contributed by atoms with E-state index in [-0.39, 0.29) is 0 Å². The first-order chi connectivity index (χ1) is 8.79. The first kappa shape index (κ1) is 13.1. The third kappa shape index (κ3) is 3.59. The van der Waals surface area contributed by atoms with Gasteiger partial charge in [0.1, 0.15) is 0 Å². The number of benzene rings is 1. The summed E-state index contributed by atoms with van der Waals surface area (Å²) in [6.07, 6.45) is 4.80. The van der Waals surface area contributed by atoms with Crippen molar-refractivity contribution in [3.8, 4) is 0 Å². The monoisotopic (exact) mass is 263 g/mol. The molecule has 0 saturated heterocycles. The van der Waals surface area contributed by atoms with Gasteiger partial charge in [-0.05, 0) is 37.6 Å². The molecule has 0 fully saturated rings. The molecule has 0 aliphatic carbocycles. The summed E-state index contributed by atoms with van der Waals surface area (Å²) in [5, 5.41) is 4.22. The van der Waals surface area contributed by atoms with Crippen molar-refractivity contribution >= 4 is 11.6 Å². The fraction of sp³-hybridized carbons (Fsp3) is 0.357. The van der Waals surface area contributed by atoms with Gasteiger partial charge in [0.25, 0.3) is 0 Å². The molecule has 2 rings (SSSR count). The Morgan fingerprint density at radius 1 is 1.28 bits per heavy atom. The predicted molar refractivity (Wildman–Crippen MR) is 74.8 cm³/mol. The van der Waals surface area contributed by atoms with Gasteiger partial charge in [-0.1, -0.05) is 23.7 Å². The fourth-order valence-corrected chi connectivity index (χ4v) is 2.01. The number of aromatic nitrogens is 2. The predicted octanol–water partition coefficient (Wildman–Crippen LogP) is 2.89.